The van der Waals surface area contributed by atoms with E-state index in [1.165, 1.54) is 12.8 Å². The largest absolute Gasteiger partial charge is 0.357 e. The fourth-order valence-corrected chi connectivity index (χ4v) is 5.23. The van der Waals surface area contributed by atoms with E-state index in [0.29, 0.717) is 5.92 Å². The van der Waals surface area contributed by atoms with Crippen molar-refractivity contribution in [2.45, 2.75) is 29.4 Å². The van der Waals surface area contributed by atoms with Crippen molar-refractivity contribution >= 4 is 29.4 Å². The molecule has 2 rings (SSSR count). The maximum Gasteiger partial charge on any atom is 0.246 e. The van der Waals surface area contributed by atoms with Crippen molar-refractivity contribution < 1.29 is 4.79 Å². The normalized spacial score (nSPS) is 26.3. The molecule has 3 N–H and O–H groups in total. The number of carbonyl (C=O) groups is 1. The molecule has 1 heterocycles. The Bertz CT molecular complexity index is 250. The molecule has 2 fully saturated rings. The standard InChI is InChI=1S/C10H18N2OS2/c1-12-9(13)10(14-4-5-15-10)6-8(11)7-2-3-7/h7-8H,2-6,11H2,1H3,(H,12,13). The zero-order valence-corrected chi connectivity index (χ0v) is 10.6. The van der Waals surface area contributed by atoms with Gasteiger partial charge < -0.3 is 11.1 Å². The van der Waals surface area contributed by atoms with Crippen LogP contribution in [0.25, 0.3) is 0 Å². The van der Waals surface area contributed by atoms with Crippen LogP contribution in [-0.2, 0) is 4.79 Å². The van der Waals surface area contributed by atoms with Crippen molar-refractivity contribution in [1.29, 1.82) is 0 Å². The van der Waals surface area contributed by atoms with Gasteiger partial charge in [-0.05, 0) is 25.2 Å². The van der Waals surface area contributed by atoms with Gasteiger partial charge in [0, 0.05) is 24.6 Å². The highest BCUT2D eigenvalue weighted by molar-refractivity contribution is 8.22. The quantitative estimate of drug-likeness (QED) is 0.778. The van der Waals surface area contributed by atoms with Gasteiger partial charge in [0.25, 0.3) is 0 Å². The summed E-state index contributed by atoms with van der Waals surface area (Å²) in [5, 5.41) is 2.78. The first-order valence-corrected chi connectivity index (χ1v) is 7.41. The minimum atomic E-state index is -0.295. The van der Waals surface area contributed by atoms with Gasteiger partial charge >= 0.3 is 0 Å². The van der Waals surface area contributed by atoms with E-state index in [2.05, 4.69) is 5.32 Å². The highest BCUT2D eigenvalue weighted by Crippen LogP contribution is 2.49. The van der Waals surface area contributed by atoms with E-state index in [9.17, 15) is 4.79 Å². The Labute approximate surface area is 99.3 Å². The molecule has 0 aromatic rings. The van der Waals surface area contributed by atoms with E-state index < -0.39 is 0 Å². The van der Waals surface area contributed by atoms with E-state index in [4.69, 9.17) is 5.73 Å². The molecule has 0 radical (unpaired) electrons. The summed E-state index contributed by atoms with van der Waals surface area (Å²) in [6.07, 6.45) is 3.33. The average Bonchev–Trinajstić information content (AvgIpc) is 2.99. The zero-order valence-electron chi connectivity index (χ0n) is 8.99. The Balaban J connectivity index is 2.01. The van der Waals surface area contributed by atoms with Crippen molar-refractivity contribution in [2.24, 2.45) is 11.7 Å². The second kappa shape index (κ2) is 4.55. The molecule has 86 valence electrons. The fourth-order valence-electron chi connectivity index (χ4n) is 1.99. The second-order valence-electron chi connectivity index (χ2n) is 4.23. The lowest BCUT2D eigenvalue weighted by Gasteiger charge is -2.28. The fraction of sp³-hybridized carbons (Fsp3) is 0.900. The molecular formula is C10H18N2OS2. The summed E-state index contributed by atoms with van der Waals surface area (Å²) in [5.41, 5.74) is 6.13. The van der Waals surface area contributed by atoms with Crippen LogP contribution in [0.5, 0.6) is 0 Å². The van der Waals surface area contributed by atoms with E-state index in [0.717, 1.165) is 17.9 Å². The summed E-state index contributed by atoms with van der Waals surface area (Å²) >= 11 is 3.53. The van der Waals surface area contributed by atoms with Gasteiger partial charge in [-0.25, -0.2) is 0 Å². The van der Waals surface area contributed by atoms with Crippen LogP contribution in [0.3, 0.4) is 0 Å². The Morgan fingerprint density at radius 3 is 2.60 bits per heavy atom. The topological polar surface area (TPSA) is 55.1 Å². The molecule has 1 aliphatic heterocycles. The molecule has 0 bridgehead atoms. The van der Waals surface area contributed by atoms with Crippen LogP contribution >= 0.6 is 23.5 Å². The highest BCUT2D eigenvalue weighted by atomic mass is 32.2. The van der Waals surface area contributed by atoms with Gasteiger partial charge in [0.15, 0.2) is 0 Å². The van der Waals surface area contributed by atoms with Crippen LogP contribution in [0.4, 0.5) is 0 Å². The zero-order chi connectivity index (χ0) is 10.9. The number of carbonyl (C=O) groups excluding carboxylic acids is 1. The van der Waals surface area contributed by atoms with Crippen molar-refractivity contribution in [3.05, 3.63) is 0 Å². The van der Waals surface area contributed by atoms with E-state index in [-0.39, 0.29) is 16.0 Å². The summed E-state index contributed by atoms with van der Waals surface area (Å²) < 4.78 is -0.295. The second-order valence-corrected chi connectivity index (χ2v) is 7.28. The molecule has 1 amide bonds. The predicted octanol–water partition coefficient (Wildman–Crippen LogP) is 1.04. The van der Waals surface area contributed by atoms with Gasteiger partial charge in [-0.1, -0.05) is 0 Å². The smallest absolute Gasteiger partial charge is 0.246 e. The monoisotopic (exact) mass is 246 g/mol. The van der Waals surface area contributed by atoms with Gasteiger partial charge in [-0.15, -0.1) is 23.5 Å². The number of hydrogen-bond acceptors (Lipinski definition) is 4. The van der Waals surface area contributed by atoms with Gasteiger partial charge in [0.1, 0.15) is 4.08 Å². The molecule has 0 spiro atoms. The maximum atomic E-state index is 11.9. The van der Waals surface area contributed by atoms with Gasteiger partial charge in [-0.2, -0.15) is 0 Å². The molecule has 1 aliphatic carbocycles. The number of rotatable bonds is 4. The molecule has 3 nitrogen and oxygen atoms in total. The first-order chi connectivity index (χ1) is 7.18. The molecule has 1 saturated carbocycles. The average molecular weight is 246 g/mol. The number of hydrogen-bond donors (Lipinski definition) is 2. The molecule has 15 heavy (non-hydrogen) atoms. The minimum Gasteiger partial charge on any atom is -0.357 e. The van der Waals surface area contributed by atoms with Crippen LogP contribution in [0.1, 0.15) is 19.3 Å². The minimum absolute atomic E-state index is 0.145. The molecule has 5 heteroatoms. The molecule has 0 aromatic carbocycles. The first kappa shape index (κ1) is 11.6. The summed E-state index contributed by atoms with van der Waals surface area (Å²) in [4.78, 5) is 11.9. The molecule has 2 aliphatic rings. The Hall–Kier alpha value is 0.130. The van der Waals surface area contributed by atoms with Crippen LogP contribution < -0.4 is 11.1 Å². The number of nitrogens with one attached hydrogen (secondary N) is 1. The van der Waals surface area contributed by atoms with Crippen LogP contribution in [-0.4, -0.2) is 34.6 Å². The van der Waals surface area contributed by atoms with E-state index in [1.807, 2.05) is 0 Å². The lowest BCUT2D eigenvalue weighted by Crippen LogP contribution is -2.43. The van der Waals surface area contributed by atoms with Crippen molar-refractivity contribution in [3.63, 3.8) is 0 Å². The molecular weight excluding hydrogens is 228 g/mol. The van der Waals surface area contributed by atoms with Gasteiger partial charge in [0.05, 0.1) is 0 Å². The number of thioether (sulfide) groups is 2. The van der Waals surface area contributed by atoms with Crippen LogP contribution in [0, 0.1) is 5.92 Å². The van der Waals surface area contributed by atoms with Crippen molar-refractivity contribution in [3.8, 4) is 0 Å². The Kier molecular flexibility index (Phi) is 3.52. The van der Waals surface area contributed by atoms with Crippen molar-refractivity contribution in [2.75, 3.05) is 18.6 Å². The van der Waals surface area contributed by atoms with Gasteiger partial charge in [-0.3, -0.25) is 4.79 Å². The third-order valence-electron chi connectivity index (χ3n) is 3.06. The predicted molar refractivity (Wildman–Crippen MR) is 67.0 cm³/mol. The lowest BCUT2D eigenvalue weighted by atomic mass is 10.1. The summed E-state index contributed by atoms with van der Waals surface area (Å²) in [7, 11) is 1.71. The lowest BCUT2D eigenvalue weighted by molar-refractivity contribution is -0.121. The maximum absolute atomic E-state index is 11.9. The van der Waals surface area contributed by atoms with Crippen molar-refractivity contribution in [1.82, 2.24) is 5.32 Å². The molecule has 0 aromatic heterocycles. The van der Waals surface area contributed by atoms with Crippen LogP contribution in [0.2, 0.25) is 0 Å². The molecule has 1 atom stereocenters. The van der Waals surface area contributed by atoms with E-state index >= 15 is 0 Å². The first-order valence-electron chi connectivity index (χ1n) is 5.43. The molecule has 1 unspecified atom stereocenters. The number of nitrogens with two attached hydrogens (primary N) is 1. The highest BCUT2D eigenvalue weighted by Gasteiger charge is 2.45. The third kappa shape index (κ3) is 2.45. The summed E-state index contributed by atoms with van der Waals surface area (Å²) in [5.74, 6) is 2.95. The summed E-state index contributed by atoms with van der Waals surface area (Å²) in [6.45, 7) is 0. The van der Waals surface area contributed by atoms with Gasteiger partial charge in [0.2, 0.25) is 5.91 Å². The van der Waals surface area contributed by atoms with E-state index in [1.54, 1.807) is 30.6 Å². The van der Waals surface area contributed by atoms with Crippen LogP contribution in [0.15, 0.2) is 0 Å². The SMILES string of the molecule is CNC(=O)C1(CC(N)C2CC2)SCCS1. The number of amides is 1. The molecule has 1 saturated heterocycles. The Morgan fingerprint density at radius 2 is 2.13 bits per heavy atom. The third-order valence-corrected chi connectivity index (χ3v) is 6.48. The Morgan fingerprint density at radius 1 is 1.53 bits per heavy atom. The summed E-state index contributed by atoms with van der Waals surface area (Å²) in [6, 6.07) is 0.209.